The number of imidazole rings is 1. The molecule has 0 spiro atoms. The molecule has 4 nitrogen and oxygen atoms in total. The second-order valence-corrected chi connectivity index (χ2v) is 6.24. The number of fused-ring (bicyclic) bond motifs is 3. The van der Waals surface area contributed by atoms with Crippen LogP contribution in [0.2, 0.25) is 0 Å². The summed E-state index contributed by atoms with van der Waals surface area (Å²) in [6, 6.07) is 8.48. The molecule has 0 aliphatic carbocycles. The highest BCUT2D eigenvalue weighted by Crippen LogP contribution is 2.47. The van der Waals surface area contributed by atoms with Crippen LogP contribution < -0.4 is 0 Å². The second-order valence-electron chi connectivity index (χ2n) is 6.24. The topological polar surface area (TPSA) is 47.3 Å². The first-order valence-corrected chi connectivity index (χ1v) is 7.03. The summed E-state index contributed by atoms with van der Waals surface area (Å²) in [6.07, 6.45) is 3.28. The molecule has 2 aromatic rings. The van der Waals surface area contributed by atoms with E-state index in [0.717, 1.165) is 5.69 Å². The second kappa shape index (κ2) is 3.93. The van der Waals surface area contributed by atoms with Crippen LogP contribution in [0.4, 0.5) is 0 Å². The lowest BCUT2D eigenvalue weighted by Crippen LogP contribution is -2.38. The Kier molecular flexibility index (Phi) is 2.38. The van der Waals surface area contributed by atoms with E-state index in [1.54, 1.807) is 0 Å². The lowest BCUT2D eigenvalue weighted by molar-refractivity contribution is -0.0321. The van der Waals surface area contributed by atoms with E-state index in [0.29, 0.717) is 6.61 Å². The van der Waals surface area contributed by atoms with Gasteiger partial charge in [-0.25, -0.2) is 4.98 Å². The molecule has 3 atom stereocenters. The first-order chi connectivity index (χ1) is 9.59. The summed E-state index contributed by atoms with van der Waals surface area (Å²) in [5.41, 5.74) is 3.12. The summed E-state index contributed by atoms with van der Waals surface area (Å²) in [4.78, 5) is 4.27. The Morgan fingerprint density at radius 1 is 1.35 bits per heavy atom. The number of hydrogen-bond acceptors (Lipinski definition) is 3. The molecule has 1 aromatic carbocycles. The minimum atomic E-state index is -0.483. The maximum atomic E-state index is 10.6. The third-order valence-corrected chi connectivity index (χ3v) is 4.69. The minimum Gasteiger partial charge on any atom is -0.390 e. The van der Waals surface area contributed by atoms with Gasteiger partial charge in [-0.3, -0.25) is 0 Å². The molecule has 3 heterocycles. The molecule has 1 N–H and O–H groups in total. The molecule has 20 heavy (non-hydrogen) atoms. The highest BCUT2D eigenvalue weighted by molar-refractivity contribution is 5.69. The van der Waals surface area contributed by atoms with Crippen LogP contribution in [0.25, 0.3) is 11.3 Å². The Balaban J connectivity index is 1.84. The van der Waals surface area contributed by atoms with Gasteiger partial charge < -0.3 is 14.4 Å². The van der Waals surface area contributed by atoms with Crippen LogP contribution in [-0.2, 0) is 4.74 Å². The van der Waals surface area contributed by atoms with Crippen LogP contribution >= 0.6 is 0 Å². The lowest BCUT2D eigenvalue weighted by atomic mass is 9.85. The Morgan fingerprint density at radius 3 is 2.90 bits per heavy atom. The van der Waals surface area contributed by atoms with Crippen LogP contribution in [0, 0.1) is 5.92 Å². The zero-order valence-electron chi connectivity index (χ0n) is 11.7. The number of rotatable bonds is 1. The summed E-state index contributed by atoms with van der Waals surface area (Å²) < 4.78 is 7.97. The van der Waals surface area contributed by atoms with Gasteiger partial charge in [0.05, 0.1) is 42.6 Å². The third-order valence-electron chi connectivity index (χ3n) is 4.69. The summed E-state index contributed by atoms with van der Waals surface area (Å²) >= 11 is 0. The van der Waals surface area contributed by atoms with Gasteiger partial charge in [-0.2, -0.15) is 0 Å². The van der Waals surface area contributed by atoms with E-state index >= 15 is 0 Å². The third kappa shape index (κ3) is 1.46. The van der Waals surface area contributed by atoms with Gasteiger partial charge in [0.1, 0.15) is 0 Å². The first-order valence-electron chi connectivity index (χ1n) is 7.03. The zero-order chi connectivity index (χ0) is 13.9. The van der Waals surface area contributed by atoms with E-state index in [1.165, 1.54) is 11.1 Å². The molecule has 1 saturated heterocycles. The van der Waals surface area contributed by atoms with Gasteiger partial charge in [0.15, 0.2) is 0 Å². The van der Waals surface area contributed by atoms with E-state index in [2.05, 4.69) is 27.8 Å². The molecular weight excluding hydrogens is 252 g/mol. The van der Waals surface area contributed by atoms with E-state index < -0.39 is 11.7 Å². The molecule has 2 aliphatic rings. The maximum Gasteiger partial charge on any atom is 0.0956 e. The van der Waals surface area contributed by atoms with Gasteiger partial charge in [0, 0.05) is 11.5 Å². The number of hydrogen-bond donors (Lipinski definition) is 1. The predicted molar refractivity (Wildman–Crippen MR) is 75.3 cm³/mol. The van der Waals surface area contributed by atoms with Gasteiger partial charge in [-0.1, -0.05) is 24.3 Å². The molecule has 1 aromatic heterocycles. The monoisotopic (exact) mass is 270 g/mol. The standard InChI is InChI=1S/C16H18N2O2/c1-16(2)15(19)12(8-20-16)14-11-6-4-3-5-10(11)13-7-17-9-18(13)14/h3-7,9,12,14-15,19H,8H2,1-2H3/t12-,14?,15-/m1/s1. The van der Waals surface area contributed by atoms with Gasteiger partial charge in [-0.15, -0.1) is 0 Å². The number of nitrogens with zero attached hydrogens (tertiary/aromatic N) is 2. The number of benzene rings is 1. The molecule has 0 amide bonds. The van der Waals surface area contributed by atoms with Crippen molar-refractivity contribution in [3.8, 4) is 11.3 Å². The van der Waals surface area contributed by atoms with Crippen LogP contribution in [0.3, 0.4) is 0 Å². The smallest absolute Gasteiger partial charge is 0.0956 e. The summed E-state index contributed by atoms with van der Waals surface area (Å²) in [5, 5.41) is 10.6. The van der Waals surface area contributed by atoms with Crippen molar-refractivity contribution in [2.45, 2.75) is 31.6 Å². The molecule has 0 saturated carbocycles. The van der Waals surface area contributed by atoms with Crippen molar-refractivity contribution in [2.75, 3.05) is 6.61 Å². The fourth-order valence-corrected chi connectivity index (χ4v) is 3.58. The Bertz CT molecular complexity index is 662. The van der Waals surface area contributed by atoms with Crippen LogP contribution in [0.1, 0.15) is 25.5 Å². The van der Waals surface area contributed by atoms with Crippen molar-refractivity contribution >= 4 is 0 Å². The van der Waals surface area contributed by atoms with Crippen molar-refractivity contribution in [1.29, 1.82) is 0 Å². The average Bonchev–Trinajstić information content (AvgIpc) is 3.07. The Morgan fingerprint density at radius 2 is 2.15 bits per heavy atom. The summed E-state index contributed by atoms with van der Waals surface area (Å²) in [5.74, 6) is 0.0570. The SMILES string of the molecule is CC1(C)OC[C@H](C2c3ccccc3-c3cncn32)[C@H]1O. The number of aliphatic hydroxyl groups excluding tert-OH is 1. The molecular formula is C16H18N2O2. The summed E-state index contributed by atoms with van der Waals surface area (Å²) in [6.45, 7) is 4.48. The van der Waals surface area contributed by atoms with Crippen molar-refractivity contribution < 1.29 is 9.84 Å². The average molecular weight is 270 g/mol. The minimum absolute atomic E-state index is 0.0570. The molecule has 2 aliphatic heterocycles. The highest BCUT2D eigenvalue weighted by Gasteiger charge is 2.48. The maximum absolute atomic E-state index is 10.6. The molecule has 0 radical (unpaired) electrons. The van der Waals surface area contributed by atoms with E-state index in [1.807, 2.05) is 32.4 Å². The molecule has 0 bridgehead atoms. The number of aromatic nitrogens is 2. The molecule has 4 heteroatoms. The van der Waals surface area contributed by atoms with Crippen molar-refractivity contribution in [1.82, 2.24) is 9.55 Å². The largest absolute Gasteiger partial charge is 0.390 e. The highest BCUT2D eigenvalue weighted by atomic mass is 16.5. The Labute approximate surface area is 118 Å². The van der Waals surface area contributed by atoms with Gasteiger partial charge >= 0.3 is 0 Å². The first kappa shape index (κ1) is 12.1. The van der Waals surface area contributed by atoms with Crippen LogP contribution in [0.15, 0.2) is 36.8 Å². The fourth-order valence-electron chi connectivity index (χ4n) is 3.58. The van der Waals surface area contributed by atoms with Gasteiger partial charge in [0.2, 0.25) is 0 Å². The number of aliphatic hydroxyl groups is 1. The molecule has 1 unspecified atom stereocenters. The van der Waals surface area contributed by atoms with Gasteiger partial charge in [-0.05, 0) is 19.4 Å². The molecule has 1 fully saturated rings. The zero-order valence-corrected chi connectivity index (χ0v) is 11.7. The molecule has 104 valence electrons. The fraction of sp³-hybridized carbons (Fsp3) is 0.438. The lowest BCUT2D eigenvalue weighted by Gasteiger charge is -2.28. The van der Waals surface area contributed by atoms with Crippen molar-refractivity contribution in [3.63, 3.8) is 0 Å². The Hall–Kier alpha value is -1.65. The van der Waals surface area contributed by atoms with E-state index in [9.17, 15) is 5.11 Å². The number of ether oxygens (including phenoxy) is 1. The van der Waals surface area contributed by atoms with E-state index in [4.69, 9.17) is 4.74 Å². The predicted octanol–water partition coefficient (Wildman–Crippen LogP) is 2.24. The quantitative estimate of drug-likeness (QED) is 0.864. The van der Waals surface area contributed by atoms with Crippen LogP contribution in [-0.4, -0.2) is 33.0 Å². The van der Waals surface area contributed by atoms with Crippen LogP contribution in [0.5, 0.6) is 0 Å². The van der Waals surface area contributed by atoms with Crippen molar-refractivity contribution in [3.05, 3.63) is 42.4 Å². The van der Waals surface area contributed by atoms with Gasteiger partial charge in [0.25, 0.3) is 0 Å². The van der Waals surface area contributed by atoms with Crippen molar-refractivity contribution in [2.24, 2.45) is 5.92 Å². The normalized spacial score (nSPS) is 30.2. The summed E-state index contributed by atoms with van der Waals surface area (Å²) in [7, 11) is 0. The van der Waals surface area contributed by atoms with E-state index in [-0.39, 0.29) is 12.0 Å². The molecule has 4 rings (SSSR count).